The van der Waals surface area contributed by atoms with E-state index in [0.29, 0.717) is 16.8 Å². The van der Waals surface area contributed by atoms with Crippen molar-refractivity contribution in [3.05, 3.63) is 64.7 Å². The summed E-state index contributed by atoms with van der Waals surface area (Å²) in [5, 5.41) is 11.5. The number of hydrogen-bond acceptors (Lipinski definition) is 5. The maximum absolute atomic E-state index is 12.2. The Morgan fingerprint density at radius 1 is 1.07 bits per heavy atom. The molecule has 0 bridgehead atoms. The first-order chi connectivity index (χ1) is 13.3. The molecule has 6 heteroatoms. The van der Waals surface area contributed by atoms with Gasteiger partial charge in [0.25, 0.3) is 5.91 Å². The van der Waals surface area contributed by atoms with Crippen molar-refractivity contribution in [2.24, 2.45) is 0 Å². The van der Waals surface area contributed by atoms with Gasteiger partial charge in [-0.25, -0.2) is 0 Å². The number of rotatable bonds is 7. The van der Waals surface area contributed by atoms with Crippen LogP contribution in [0.15, 0.2) is 42.5 Å². The lowest BCUT2D eigenvalue weighted by molar-refractivity contribution is -0.153. The Bertz CT molecular complexity index is 944. The average molecular weight is 378 g/mol. The standard InChI is InChI=1S/C22H22N2O4/c1-14-7-8-18(11-15(14)2)20(25)9-10-21(26)28-16(3)22(27)24-19-6-4-5-17(12-19)13-23/h4-8,11-12,16H,9-10H2,1-3H3,(H,24,27)/t16-/m1/s1. The maximum Gasteiger partial charge on any atom is 0.307 e. The minimum atomic E-state index is -1.02. The third-order valence-corrected chi connectivity index (χ3v) is 4.32. The van der Waals surface area contributed by atoms with Crippen LogP contribution in [0, 0.1) is 25.2 Å². The molecule has 144 valence electrons. The molecule has 0 aliphatic carbocycles. The molecule has 2 rings (SSSR count). The van der Waals surface area contributed by atoms with E-state index in [9.17, 15) is 14.4 Å². The molecule has 0 unspecified atom stereocenters. The lowest BCUT2D eigenvalue weighted by Gasteiger charge is -2.13. The number of benzene rings is 2. The molecule has 2 aromatic rings. The van der Waals surface area contributed by atoms with E-state index in [2.05, 4.69) is 5.32 Å². The Kier molecular flexibility index (Phi) is 7.05. The third-order valence-electron chi connectivity index (χ3n) is 4.32. The van der Waals surface area contributed by atoms with E-state index >= 15 is 0 Å². The maximum atomic E-state index is 12.2. The van der Waals surface area contributed by atoms with E-state index in [4.69, 9.17) is 10.00 Å². The van der Waals surface area contributed by atoms with Crippen molar-refractivity contribution in [1.29, 1.82) is 5.26 Å². The zero-order chi connectivity index (χ0) is 20.7. The van der Waals surface area contributed by atoms with E-state index in [1.165, 1.54) is 13.0 Å². The Labute approximate surface area is 164 Å². The summed E-state index contributed by atoms with van der Waals surface area (Å²) in [7, 11) is 0. The van der Waals surface area contributed by atoms with Crippen molar-refractivity contribution in [1.82, 2.24) is 0 Å². The highest BCUT2D eigenvalue weighted by atomic mass is 16.5. The number of hydrogen-bond donors (Lipinski definition) is 1. The average Bonchev–Trinajstić information content (AvgIpc) is 2.68. The Morgan fingerprint density at radius 3 is 2.50 bits per heavy atom. The molecule has 1 N–H and O–H groups in total. The second-order valence-corrected chi connectivity index (χ2v) is 6.54. The van der Waals surface area contributed by atoms with Gasteiger partial charge in [0, 0.05) is 17.7 Å². The molecule has 0 fully saturated rings. The van der Waals surface area contributed by atoms with Gasteiger partial charge in [-0.15, -0.1) is 0 Å². The van der Waals surface area contributed by atoms with Gasteiger partial charge in [0.15, 0.2) is 11.9 Å². The summed E-state index contributed by atoms with van der Waals surface area (Å²) >= 11 is 0. The molecule has 0 spiro atoms. The molecule has 0 saturated heterocycles. The summed E-state index contributed by atoms with van der Waals surface area (Å²) in [4.78, 5) is 36.3. The van der Waals surface area contributed by atoms with Crippen molar-refractivity contribution >= 4 is 23.3 Å². The van der Waals surface area contributed by atoms with Crippen LogP contribution in [0.5, 0.6) is 0 Å². The Hall–Kier alpha value is -3.46. The molecule has 0 radical (unpaired) electrons. The van der Waals surface area contributed by atoms with Crippen molar-refractivity contribution in [2.75, 3.05) is 5.32 Å². The number of nitrogens with zero attached hydrogens (tertiary/aromatic N) is 1. The smallest absolute Gasteiger partial charge is 0.307 e. The van der Waals surface area contributed by atoms with Crippen molar-refractivity contribution < 1.29 is 19.1 Å². The van der Waals surface area contributed by atoms with Gasteiger partial charge in [0.05, 0.1) is 18.1 Å². The normalized spacial score (nSPS) is 11.2. The number of ketones is 1. The van der Waals surface area contributed by atoms with Gasteiger partial charge in [-0.05, 0) is 56.2 Å². The molecule has 1 amide bonds. The van der Waals surface area contributed by atoms with Gasteiger partial charge in [-0.2, -0.15) is 5.26 Å². The number of nitriles is 1. The second kappa shape index (κ2) is 9.47. The lowest BCUT2D eigenvalue weighted by atomic mass is 10.0. The van der Waals surface area contributed by atoms with Gasteiger partial charge >= 0.3 is 5.97 Å². The highest BCUT2D eigenvalue weighted by Gasteiger charge is 2.19. The fraction of sp³-hybridized carbons (Fsp3) is 0.273. The van der Waals surface area contributed by atoms with E-state index in [0.717, 1.165) is 11.1 Å². The van der Waals surface area contributed by atoms with Crippen molar-refractivity contribution in [3.8, 4) is 6.07 Å². The van der Waals surface area contributed by atoms with Crippen LogP contribution >= 0.6 is 0 Å². The largest absolute Gasteiger partial charge is 0.453 e. The Balaban J connectivity index is 1.84. The van der Waals surface area contributed by atoms with E-state index in [-0.39, 0.29) is 18.6 Å². The number of carbonyl (C=O) groups is 3. The van der Waals surface area contributed by atoms with E-state index < -0.39 is 18.0 Å². The first kappa shape index (κ1) is 20.8. The fourth-order valence-corrected chi connectivity index (χ4v) is 2.49. The molecule has 6 nitrogen and oxygen atoms in total. The number of nitrogens with one attached hydrogen (secondary N) is 1. The van der Waals surface area contributed by atoms with Gasteiger partial charge in [-0.1, -0.05) is 18.2 Å². The summed E-state index contributed by atoms with van der Waals surface area (Å²) < 4.78 is 5.10. The number of aryl methyl sites for hydroxylation is 2. The van der Waals surface area contributed by atoms with Crippen LogP contribution < -0.4 is 5.32 Å². The zero-order valence-electron chi connectivity index (χ0n) is 16.1. The molecule has 1 atom stereocenters. The van der Waals surface area contributed by atoms with Gasteiger partial charge in [0.2, 0.25) is 0 Å². The molecule has 0 heterocycles. The van der Waals surface area contributed by atoms with Crippen LogP contribution in [0.4, 0.5) is 5.69 Å². The van der Waals surface area contributed by atoms with Gasteiger partial charge in [-0.3, -0.25) is 14.4 Å². The van der Waals surface area contributed by atoms with E-state index in [1.807, 2.05) is 26.0 Å². The van der Waals surface area contributed by atoms with Crippen LogP contribution in [-0.4, -0.2) is 23.8 Å². The number of anilines is 1. The predicted octanol–water partition coefficient (Wildman–Crippen LogP) is 3.71. The van der Waals surface area contributed by atoms with Crippen molar-refractivity contribution in [3.63, 3.8) is 0 Å². The third kappa shape index (κ3) is 5.78. The molecule has 0 aliphatic rings. The quantitative estimate of drug-likeness (QED) is 0.585. The number of carbonyl (C=O) groups excluding carboxylic acids is 3. The summed E-state index contributed by atoms with van der Waals surface area (Å²) in [5.41, 5.74) is 3.51. The lowest BCUT2D eigenvalue weighted by Crippen LogP contribution is -2.30. The number of Topliss-reactive ketones (excluding diaryl/α,β-unsaturated/α-hetero) is 1. The highest BCUT2D eigenvalue weighted by Crippen LogP contribution is 2.14. The first-order valence-corrected chi connectivity index (χ1v) is 8.91. The molecule has 0 aliphatic heterocycles. The van der Waals surface area contributed by atoms with Crippen LogP contribution in [-0.2, 0) is 14.3 Å². The minimum absolute atomic E-state index is 0.0138. The molecule has 28 heavy (non-hydrogen) atoms. The van der Waals surface area contributed by atoms with Crippen LogP contribution in [0.25, 0.3) is 0 Å². The summed E-state index contributed by atoms with van der Waals surface area (Å²) in [6.07, 6.45) is -1.11. The minimum Gasteiger partial charge on any atom is -0.453 e. The number of ether oxygens (including phenoxy) is 1. The van der Waals surface area contributed by atoms with Gasteiger partial charge in [0.1, 0.15) is 0 Å². The zero-order valence-corrected chi connectivity index (χ0v) is 16.1. The fourth-order valence-electron chi connectivity index (χ4n) is 2.49. The topological polar surface area (TPSA) is 96.3 Å². The van der Waals surface area contributed by atoms with E-state index in [1.54, 1.807) is 30.3 Å². The summed E-state index contributed by atoms with van der Waals surface area (Å²) in [6, 6.07) is 13.8. The van der Waals surface area contributed by atoms with Crippen molar-refractivity contribution in [2.45, 2.75) is 39.7 Å². The molecular formula is C22H22N2O4. The number of esters is 1. The molecule has 0 saturated carbocycles. The van der Waals surface area contributed by atoms with Crippen LogP contribution in [0.3, 0.4) is 0 Å². The number of amides is 1. The molecular weight excluding hydrogens is 356 g/mol. The van der Waals surface area contributed by atoms with Crippen LogP contribution in [0.1, 0.15) is 46.8 Å². The Morgan fingerprint density at radius 2 is 1.82 bits per heavy atom. The predicted molar refractivity (Wildman–Crippen MR) is 105 cm³/mol. The van der Waals surface area contributed by atoms with Crippen LogP contribution in [0.2, 0.25) is 0 Å². The summed E-state index contributed by atoms with van der Waals surface area (Å²) in [6.45, 7) is 5.34. The monoisotopic (exact) mass is 378 g/mol. The SMILES string of the molecule is Cc1ccc(C(=O)CCC(=O)O[C@H](C)C(=O)Nc2cccc(C#N)c2)cc1C. The molecule has 0 aromatic heterocycles. The molecule has 2 aromatic carbocycles. The first-order valence-electron chi connectivity index (χ1n) is 8.91. The van der Waals surface area contributed by atoms with Gasteiger partial charge < -0.3 is 10.1 Å². The second-order valence-electron chi connectivity index (χ2n) is 6.54. The highest BCUT2D eigenvalue weighted by molar-refractivity contribution is 5.98. The summed E-state index contributed by atoms with van der Waals surface area (Å²) in [5.74, 6) is -1.28.